The first-order valence-corrected chi connectivity index (χ1v) is 9.30. The van der Waals surface area contributed by atoms with E-state index < -0.39 is 11.9 Å². The van der Waals surface area contributed by atoms with E-state index in [-0.39, 0.29) is 29.7 Å². The minimum absolute atomic E-state index is 0.201. The molecule has 0 saturated heterocycles. The molecule has 0 bridgehead atoms. The third kappa shape index (κ3) is 4.65. The van der Waals surface area contributed by atoms with Gasteiger partial charge in [0.2, 0.25) is 11.8 Å². The van der Waals surface area contributed by atoms with Crippen LogP contribution in [0.3, 0.4) is 0 Å². The number of primary amides is 1. The van der Waals surface area contributed by atoms with E-state index in [0.29, 0.717) is 24.2 Å². The van der Waals surface area contributed by atoms with Gasteiger partial charge in [0.15, 0.2) is 5.65 Å². The van der Waals surface area contributed by atoms with Gasteiger partial charge in [-0.15, -0.1) is 0 Å². The topological polar surface area (TPSA) is 131 Å². The van der Waals surface area contributed by atoms with Crippen molar-refractivity contribution in [3.63, 3.8) is 0 Å². The minimum atomic E-state index is -0.584. The minimum Gasteiger partial charge on any atom is -0.365 e. The van der Waals surface area contributed by atoms with Gasteiger partial charge in [-0.3, -0.25) is 14.4 Å². The maximum Gasteiger partial charge on any atom is 0.254 e. The second-order valence-corrected chi connectivity index (χ2v) is 7.28. The lowest BCUT2D eigenvalue weighted by atomic mass is 10.0. The summed E-state index contributed by atoms with van der Waals surface area (Å²) < 4.78 is 1.56. The number of carbonyl (C=O) groups excluding carboxylic acids is 3. The third-order valence-electron chi connectivity index (χ3n) is 4.68. The van der Waals surface area contributed by atoms with Gasteiger partial charge < -0.3 is 16.4 Å². The van der Waals surface area contributed by atoms with Gasteiger partial charge in [-0.1, -0.05) is 13.8 Å². The fourth-order valence-electron chi connectivity index (χ4n) is 3.23. The zero-order valence-electron chi connectivity index (χ0n) is 17.0. The fourth-order valence-corrected chi connectivity index (χ4v) is 3.23. The van der Waals surface area contributed by atoms with Crippen molar-refractivity contribution >= 4 is 23.4 Å². The van der Waals surface area contributed by atoms with E-state index in [1.54, 1.807) is 11.6 Å². The van der Waals surface area contributed by atoms with Gasteiger partial charge in [0.25, 0.3) is 5.91 Å². The summed E-state index contributed by atoms with van der Waals surface area (Å²) in [6, 6.07) is -0.551. The SMILES string of the molecule is CNC(=O)C(CC(C)C)NC(=O)CCc1c(C)nc2c(C(N)=O)cnn2c1C. The fraction of sp³-hybridized carbons (Fsp3) is 0.526. The van der Waals surface area contributed by atoms with Crippen LogP contribution in [0.1, 0.15) is 54.0 Å². The molecule has 1 atom stereocenters. The molecule has 0 aliphatic rings. The molecule has 0 fully saturated rings. The molecule has 0 radical (unpaired) electrons. The van der Waals surface area contributed by atoms with Crippen molar-refractivity contribution in [3.8, 4) is 0 Å². The molecule has 0 aromatic carbocycles. The van der Waals surface area contributed by atoms with Crippen LogP contribution in [0.25, 0.3) is 5.65 Å². The normalized spacial score (nSPS) is 12.2. The molecule has 2 rings (SSSR count). The van der Waals surface area contributed by atoms with Crippen LogP contribution in [0, 0.1) is 19.8 Å². The zero-order chi connectivity index (χ0) is 21.0. The average Bonchev–Trinajstić information content (AvgIpc) is 3.03. The van der Waals surface area contributed by atoms with E-state index in [4.69, 9.17) is 5.73 Å². The smallest absolute Gasteiger partial charge is 0.254 e. The Hall–Kier alpha value is -2.97. The van der Waals surface area contributed by atoms with Crippen LogP contribution in [0.4, 0.5) is 0 Å². The van der Waals surface area contributed by atoms with Crippen LogP contribution < -0.4 is 16.4 Å². The molecule has 3 amide bonds. The molecule has 0 aliphatic carbocycles. The number of nitrogens with zero attached hydrogens (tertiary/aromatic N) is 3. The van der Waals surface area contributed by atoms with Crippen LogP contribution >= 0.6 is 0 Å². The van der Waals surface area contributed by atoms with Crippen LogP contribution in [-0.4, -0.2) is 45.4 Å². The largest absolute Gasteiger partial charge is 0.365 e. The van der Waals surface area contributed by atoms with Crippen molar-refractivity contribution in [1.29, 1.82) is 0 Å². The lowest BCUT2D eigenvalue weighted by molar-refractivity contribution is -0.129. The number of amides is 3. The Morgan fingerprint density at radius 3 is 2.50 bits per heavy atom. The Bertz CT molecular complexity index is 903. The molecule has 0 aliphatic heterocycles. The molecule has 2 aromatic heterocycles. The van der Waals surface area contributed by atoms with Crippen molar-refractivity contribution in [2.75, 3.05) is 7.05 Å². The van der Waals surface area contributed by atoms with E-state index >= 15 is 0 Å². The van der Waals surface area contributed by atoms with Gasteiger partial charge in [0, 0.05) is 24.9 Å². The molecule has 152 valence electrons. The van der Waals surface area contributed by atoms with E-state index in [9.17, 15) is 14.4 Å². The Labute approximate surface area is 164 Å². The highest BCUT2D eigenvalue weighted by Gasteiger charge is 2.22. The first-order chi connectivity index (χ1) is 13.1. The number of nitrogens with two attached hydrogens (primary N) is 1. The molecule has 4 N–H and O–H groups in total. The second-order valence-electron chi connectivity index (χ2n) is 7.28. The molecule has 9 heteroatoms. The molecule has 2 heterocycles. The lowest BCUT2D eigenvalue weighted by Crippen LogP contribution is -2.46. The summed E-state index contributed by atoms with van der Waals surface area (Å²) in [5.74, 6) is -0.712. The van der Waals surface area contributed by atoms with E-state index in [2.05, 4.69) is 20.7 Å². The standard InChI is InChI=1S/C19H28N6O3/c1-10(2)8-15(19(28)21-5)24-16(26)7-6-13-11(3)23-18-14(17(20)27)9-22-25(18)12(13)4/h9-10,15H,6-8H2,1-5H3,(H2,20,27)(H,21,28)(H,24,26). The van der Waals surface area contributed by atoms with Crippen LogP contribution in [-0.2, 0) is 16.0 Å². The highest BCUT2D eigenvalue weighted by atomic mass is 16.2. The van der Waals surface area contributed by atoms with Crippen molar-refractivity contribution in [2.24, 2.45) is 11.7 Å². The van der Waals surface area contributed by atoms with Gasteiger partial charge in [-0.25, -0.2) is 9.50 Å². The number of carbonyl (C=O) groups is 3. The summed E-state index contributed by atoms with van der Waals surface area (Å²) in [5.41, 5.74) is 8.42. The van der Waals surface area contributed by atoms with Crippen LogP contribution in [0.5, 0.6) is 0 Å². The highest BCUT2D eigenvalue weighted by molar-refractivity contribution is 5.98. The average molecular weight is 388 g/mol. The molecule has 0 saturated carbocycles. The molecular weight excluding hydrogens is 360 g/mol. The number of rotatable bonds is 8. The van der Waals surface area contributed by atoms with Crippen molar-refractivity contribution in [3.05, 3.63) is 28.7 Å². The molecule has 0 spiro atoms. The third-order valence-corrected chi connectivity index (χ3v) is 4.68. The number of hydrogen-bond acceptors (Lipinski definition) is 5. The number of hydrogen-bond donors (Lipinski definition) is 3. The number of aryl methyl sites for hydroxylation is 2. The first kappa shape index (κ1) is 21.3. The number of nitrogens with one attached hydrogen (secondary N) is 2. The quantitative estimate of drug-likeness (QED) is 0.611. The Kier molecular flexibility index (Phi) is 6.71. The molecule has 28 heavy (non-hydrogen) atoms. The maximum atomic E-state index is 12.4. The molecule has 2 aromatic rings. The Morgan fingerprint density at radius 1 is 1.25 bits per heavy atom. The second kappa shape index (κ2) is 8.81. The van der Waals surface area contributed by atoms with Gasteiger partial charge in [-0.05, 0) is 38.2 Å². The Balaban J connectivity index is 2.15. The number of likely N-dealkylation sites (N-methyl/N-ethyl adjacent to an activating group) is 1. The highest BCUT2D eigenvalue weighted by Crippen LogP contribution is 2.18. The van der Waals surface area contributed by atoms with Crippen LogP contribution in [0.15, 0.2) is 6.20 Å². The van der Waals surface area contributed by atoms with E-state index in [0.717, 1.165) is 11.3 Å². The van der Waals surface area contributed by atoms with Gasteiger partial charge in [0.05, 0.1) is 6.20 Å². The summed E-state index contributed by atoms with van der Waals surface area (Å²) in [7, 11) is 1.56. The first-order valence-electron chi connectivity index (χ1n) is 9.30. The molecule has 9 nitrogen and oxygen atoms in total. The Morgan fingerprint density at radius 2 is 1.93 bits per heavy atom. The van der Waals surface area contributed by atoms with Crippen molar-refractivity contribution in [2.45, 2.75) is 53.0 Å². The summed E-state index contributed by atoms with van der Waals surface area (Å²) in [6.07, 6.45) is 2.62. The zero-order valence-corrected chi connectivity index (χ0v) is 17.0. The number of aromatic nitrogens is 3. The summed E-state index contributed by atoms with van der Waals surface area (Å²) in [4.78, 5) is 40.3. The predicted molar refractivity (Wildman–Crippen MR) is 105 cm³/mol. The monoisotopic (exact) mass is 388 g/mol. The summed E-state index contributed by atoms with van der Waals surface area (Å²) in [6.45, 7) is 7.68. The van der Waals surface area contributed by atoms with Crippen molar-refractivity contribution < 1.29 is 14.4 Å². The van der Waals surface area contributed by atoms with Crippen molar-refractivity contribution in [1.82, 2.24) is 25.2 Å². The van der Waals surface area contributed by atoms with E-state index in [1.165, 1.54) is 6.20 Å². The lowest BCUT2D eigenvalue weighted by Gasteiger charge is -2.19. The predicted octanol–water partition coefficient (Wildman–Crippen LogP) is 0.655. The van der Waals surface area contributed by atoms with Gasteiger partial charge in [0.1, 0.15) is 11.6 Å². The van der Waals surface area contributed by atoms with Gasteiger partial charge >= 0.3 is 0 Å². The van der Waals surface area contributed by atoms with Gasteiger partial charge in [-0.2, -0.15) is 5.10 Å². The molecule has 1 unspecified atom stereocenters. The summed E-state index contributed by atoms with van der Waals surface area (Å²) in [5, 5.41) is 9.58. The summed E-state index contributed by atoms with van der Waals surface area (Å²) >= 11 is 0. The molecular formula is C19H28N6O3. The van der Waals surface area contributed by atoms with Crippen LogP contribution in [0.2, 0.25) is 0 Å². The maximum absolute atomic E-state index is 12.4. The number of fused-ring (bicyclic) bond motifs is 1. The van der Waals surface area contributed by atoms with E-state index in [1.807, 2.05) is 27.7 Å².